The van der Waals surface area contributed by atoms with Crippen molar-refractivity contribution >= 4 is 17.7 Å². The molecule has 0 saturated heterocycles. The Morgan fingerprint density at radius 1 is 1.38 bits per heavy atom. The zero-order chi connectivity index (χ0) is 18.9. The lowest BCUT2D eigenvalue weighted by Crippen LogP contribution is -2.32. The van der Waals surface area contributed by atoms with Crippen molar-refractivity contribution in [3.63, 3.8) is 0 Å². The molecule has 1 heterocycles. The van der Waals surface area contributed by atoms with Crippen LogP contribution in [-0.4, -0.2) is 24.0 Å². The number of hydrogen-bond donors (Lipinski definition) is 2. The number of hydrogen-bond acceptors (Lipinski definition) is 6. The van der Waals surface area contributed by atoms with E-state index in [0.717, 1.165) is 0 Å². The van der Waals surface area contributed by atoms with Crippen molar-refractivity contribution in [2.75, 3.05) is 12.4 Å². The minimum Gasteiger partial charge on any atom is -0.496 e. The molecule has 0 spiro atoms. The number of carbonyl (C=O) groups is 1. The van der Waals surface area contributed by atoms with Gasteiger partial charge in [-0.25, -0.2) is 14.4 Å². The topological polar surface area (TPSA) is 109 Å². The van der Waals surface area contributed by atoms with Gasteiger partial charge < -0.3 is 14.9 Å². The van der Waals surface area contributed by atoms with Crippen LogP contribution in [0.5, 0.6) is 5.75 Å². The molecule has 0 aliphatic heterocycles. The number of rotatable bonds is 4. The number of nitrogens with zero attached hydrogens (tertiary/aromatic N) is 3. The molecule has 0 fully saturated rings. The van der Waals surface area contributed by atoms with Crippen molar-refractivity contribution in [3.05, 3.63) is 53.5 Å². The van der Waals surface area contributed by atoms with Gasteiger partial charge in [-0.15, -0.1) is 0 Å². The van der Waals surface area contributed by atoms with E-state index in [-0.39, 0.29) is 18.1 Å². The van der Waals surface area contributed by atoms with Gasteiger partial charge in [-0.05, 0) is 24.3 Å². The highest BCUT2D eigenvalue weighted by atomic mass is 19.1. The van der Waals surface area contributed by atoms with Gasteiger partial charge in [0.15, 0.2) is 0 Å². The Bertz CT molecular complexity index is 846. The fraction of sp³-hybridized carbons (Fsp3) is 0.176. The number of methoxy groups -OCH3 is 1. The van der Waals surface area contributed by atoms with Gasteiger partial charge in [0.2, 0.25) is 5.96 Å². The van der Waals surface area contributed by atoms with Crippen LogP contribution in [0.3, 0.4) is 0 Å². The first-order valence-electron chi connectivity index (χ1n) is 7.46. The highest BCUT2D eigenvalue weighted by Gasteiger charge is 2.10. The fourth-order valence-electron chi connectivity index (χ4n) is 1.91. The van der Waals surface area contributed by atoms with E-state index in [4.69, 9.17) is 14.8 Å². The van der Waals surface area contributed by atoms with Gasteiger partial charge >= 0.3 is 5.97 Å². The molecule has 0 aliphatic carbocycles. The predicted molar refractivity (Wildman–Crippen MR) is 91.6 cm³/mol. The minimum absolute atomic E-state index is 0.0303. The van der Waals surface area contributed by atoms with Crippen LogP contribution in [0.1, 0.15) is 18.1 Å². The third kappa shape index (κ3) is 5.17. The predicted octanol–water partition coefficient (Wildman–Crippen LogP) is 2.14. The van der Waals surface area contributed by atoms with Crippen LogP contribution in [0.15, 0.2) is 41.5 Å². The lowest BCUT2D eigenvalue weighted by Gasteiger charge is -2.12. The summed E-state index contributed by atoms with van der Waals surface area (Å²) in [5, 5.41) is 11.6. The molecule has 0 saturated carbocycles. The second-order valence-electron chi connectivity index (χ2n) is 4.95. The summed E-state index contributed by atoms with van der Waals surface area (Å²) in [5.74, 6) is -0.338. The number of hydroxylamine groups is 1. The van der Waals surface area contributed by atoms with Crippen LogP contribution in [0, 0.1) is 17.1 Å². The first kappa shape index (κ1) is 18.7. The van der Waals surface area contributed by atoms with Gasteiger partial charge in [0, 0.05) is 13.1 Å². The summed E-state index contributed by atoms with van der Waals surface area (Å²) in [6, 6.07) is 9.49. The highest BCUT2D eigenvalue weighted by Crippen LogP contribution is 2.21. The maximum Gasteiger partial charge on any atom is 0.329 e. The molecule has 2 aromatic rings. The summed E-state index contributed by atoms with van der Waals surface area (Å²) in [6.45, 7) is 1.13. The van der Waals surface area contributed by atoms with Gasteiger partial charge in [-0.2, -0.15) is 10.7 Å². The number of aliphatic imine (C=N–C) groups is 1. The number of halogens is 1. The lowest BCUT2D eigenvalue weighted by atomic mass is 10.2. The van der Waals surface area contributed by atoms with Crippen LogP contribution in [0.25, 0.3) is 0 Å². The van der Waals surface area contributed by atoms with Gasteiger partial charge in [-0.3, -0.25) is 4.79 Å². The molecule has 8 nitrogen and oxygen atoms in total. The third-order valence-corrected chi connectivity index (χ3v) is 3.12. The molecule has 2 N–H and O–H groups in total. The van der Waals surface area contributed by atoms with E-state index in [1.54, 1.807) is 18.2 Å². The summed E-state index contributed by atoms with van der Waals surface area (Å²) in [4.78, 5) is 23.9. The van der Waals surface area contributed by atoms with E-state index >= 15 is 0 Å². The number of nitriles is 1. The second-order valence-corrected chi connectivity index (χ2v) is 4.95. The molecule has 134 valence electrons. The van der Waals surface area contributed by atoms with E-state index in [9.17, 15) is 9.18 Å². The summed E-state index contributed by atoms with van der Waals surface area (Å²) < 4.78 is 19.1. The van der Waals surface area contributed by atoms with Gasteiger partial charge in [0.1, 0.15) is 23.5 Å². The van der Waals surface area contributed by atoms with Gasteiger partial charge in [-0.1, -0.05) is 6.07 Å². The molecule has 0 radical (unpaired) electrons. The molecule has 1 aromatic heterocycles. The fourth-order valence-corrected chi connectivity index (χ4v) is 1.91. The Labute approximate surface area is 149 Å². The Hall–Kier alpha value is -3.67. The molecule has 0 bridgehead atoms. The molecule has 0 aliphatic rings. The smallest absolute Gasteiger partial charge is 0.329 e. The van der Waals surface area contributed by atoms with Crippen LogP contribution in [0.4, 0.5) is 10.2 Å². The minimum atomic E-state index is -0.587. The molecule has 9 heteroatoms. The van der Waals surface area contributed by atoms with Crippen molar-refractivity contribution < 1.29 is 18.8 Å². The Morgan fingerprint density at radius 3 is 2.81 bits per heavy atom. The summed E-state index contributed by atoms with van der Waals surface area (Å²) >= 11 is 0. The molecular weight excluding hydrogens is 341 g/mol. The van der Waals surface area contributed by atoms with Crippen molar-refractivity contribution in [1.29, 1.82) is 5.26 Å². The average Bonchev–Trinajstić information content (AvgIpc) is 2.65. The number of carbonyl (C=O) groups excluding carboxylic acids is 1. The van der Waals surface area contributed by atoms with E-state index in [1.807, 2.05) is 6.07 Å². The number of aromatic nitrogens is 1. The number of pyridine rings is 1. The van der Waals surface area contributed by atoms with Crippen LogP contribution in [0.2, 0.25) is 0 Å². The van der Waals surface area contributed by atoms with E-state index in [2.05, 4.69) is 20.8 Å². The normalized spacial score (nSPS) is 10.6. The second kappa shape index (κ2) is 8.98. The Morgan fingerprint density at radius 2 is 2.19 bits per heavy atom. The van der Waals surface area contributed by atoms with Crippen molar-refractivity contribution in [2.45, 2.75) is 13.5 Å². The zero-order valence-corrected chi connectivity index (χ0v) is 14.1. The molecule has 0 atom stereocenters. The van der Waals surface area contributed by atoms with E-state index in [0.29, 0.717) is 17.1 Å². The number of anilines is 1. The van der Waals surface area contributed by atoms with E-state index in [1.165, 1.54) is 32.4 Å². The SMILES string of the molecule is COc1cccc(F)c1CN=C(NOC(C)=O)Nc1ccc(C#N)cn1. The standard InChI is InChI=1S/C17H16FN5O3/c1-11(24)26-23-17(22-16-7-6-12(8-19)9-20-16)21-10-13-14(18)4-3-5-15(13)25-2/h3-7,9H,10H2,1-2H3,(H2,20,21,22,23). The van der Waals surface area contributed by atoms with Crippen LogP contribution >= 0.6 is 0 Å². The molecule has 26 heavy (non-hydrogen) atoms. The van der Waals surface area contributed by atoms with Crippen molar-refractivity contribution in [2.24, 2.45) is 4.99 Å². The molecular formula is C17H16FN5O3. The Balaban J connectivity index is 2.21. The summed E-state index contributed by atoms with van der Waals surface area (Å²) in [7, 11) is 1.43. The summed E-state index contributed by atoms with van der Waals surface area (Å²) in [5.41, 5.74) is 2.97. The number of guanidine groups is 1. The van der Waals surface area contributed by atoms with Gasteiger partial charge in [0.25, 0.3) is 0 Å². The largest absolute Gasteiger partial charge is 0.496 e. The highest BCUT2D eigenvalue weighted by molar-refractivity contribution is 5.92. The first-order chi connectivity index (χ1) is 12.5. The van der Waals surface area contributed by atoms with Crippen molar-refractivity contribution in [1.82, 2.24) is 10.5 Å². The van der Waals surface area contributed by atoms with Crippen molar-refractivity contribution in [3.8, 4) is 11.8 Å². The number of nitrogens with one attached hydrogen (secondary N) is 2. The number of benzene rings is 1. The van der Waals surface area contributed by atoms with Crippen LogP contribution in [-0.2, 0) is 16.2 Å². The first-order valence-corrected chi connectivity index (χ1v) is 7.46. The molecule has 0 amide bonds. The molecule has 0 unspecified atom stereocenters. The monoisotopic (exact) mass is 357 g/mol. The average molecular weight is 357 g/mol. The van der Waals surface area contributed by atoms with E-state index < -0.39 is 11.8 Å². The molecule has 2 rings (SSSR count). The zero-order valence-electron chi connectivity index (χ0n) is 14.1. The van der Waals surface area contributed by atoms with Crippen LogP contribution < -0.4 is 15.5 Å². The maximum atomic E-state index is 14.0. The molecule has 1 aromatic carbocycles. The summed E-state index contributed by atoms with van der Waals surface area (Å²) in [6.07, 6.45) is 1.37. The van der Waals surface area contributed by atoms with Gasteiger partial charge in [0.05, 0.1) is 24.8 Å². The number of ether oxygens (including phenoxy) is 1. The third-order valence-electron chi connectivity index (χ3n) is 3.12. The lowest BCUT2D eigenvalue weighted by molar-refractivity contribution is -0.145. The quantitative estimate of drug-likeness (QED) is 0.490. The maximum absolute atomic E-state index is 14.0. The Kier molecular flexibility index (Phi) is 6.45.